The zero-order valence-corrected chi connectivity index (χ0v) is 23.4. The van der Waals surface area contributed by atoms with Crippen LogP contribution in [0.3, 0.4) is 0 Å². The maximum absolute atomic E-state index is 4.58. The molecular formula is C27H33AuClP. The van der Waals surface area contributed by atoms with E-state index in [1.807, 2.05) is 0 Å². The summed E-state index contributed by atoms with van der Waals surface area (Å²) < 4.78 is 0. The molecule has 0 aliphatic carbocycles. The second-order valence-corrected chi connectivity index (χ2v) is 10.6. The van der Waals surface area contributed by atoms with E-state index in [1.54, 1.807) is 20.0 Å². The van der Waals surface area contributed by atoms with Crippen LogP contribution >= 0.6 is 17.1 Å². The predicted molar refractivity (Wildman–Crippen MR) is 134 cm³/mol. The minimum atomic E-state index is -0.608. The summed E-state index contributed by atoms with van der Waals surface area (Å²) in [5, 5.41) is 4.60. The first-order valence-corrected chi connectivity index (χ1v) is 14.3. The molecule has 0 N–H and O–H groups in total. The van der Waals surface area contributed by atoms with E-state index in [2.05, 4.69) is 108 Å². The van der Waals surface area contributed by atoms with Crippen molar-refractivity contribution in [1.82, 2.24) is 0 Å². The van der Waals surface area contributed by atoms with Crippen LogP contribution in [0, 0.1) is 62.3 Å². The molecule has 0 spiro atoms. The van der Waals surface area contributed by atoms with Gasteiger partial charge < -0.3 is 0 Å². The monoisotopic (exact) mass is 620 g/mol. The Balaban J connectivity index is 0.00000155. The number of halogens is 1. The van der Waals surface area contributed by atoms with Crippen molar-refractivity contribution < 1.29 is 20.0 Å². The zero-order valence-electron chi connectivity index (χ0n) is 19.6. The van der Waals surface area contributed by atoms with Gasteiger partial charge in [0.1, 0.15) is 0 Å². The molecular weight excluding hydrogens is 588 g/mol. The first-order valence-electron chi connectivity index (χ1n) is 10.2. The third-order valence-corrected chi connectivity index (χ3v) is 9.03. The Morgan fingerprint density at radius 1 is 0.433 bits per heavy atom. The van der Waals surface area contributed by atoms with Crippen LogP contribution in [-0.4, -0.2) is 0 Å². The number of hydrogen-bond donors (Lipinski definition) is 0. The fourth-order valence-electron chi connectivity index (χ4n) is 4.91. The van der Waals surface area contributed by atoms with Crippen LogP contribution < -0.4 is 15.9 Å². The predicted octanol–water partition coefficient (Wildman–Crippen LogP) is 6.91. The summed E-state index contributed by atoms with van der Waals surface area (Å²) in [6, 6.07) is 14.1. The first-order chi connectivity index (χ1) is 14.1. The third kappa shape index (κ3) is 5.29. The molecule has 0 saturated carbocycles. The van der Waals surface area contributed by atoms with E-state index in [0.717, 1.165) is 0 Å². The van der Waals surface area contributed by atoms with E-state index in [0.29, 0.717) is 0 Å². The molecule has 0 unspecified atom stereocenters. The number of aryl methyl sites for hydroxylation is 9. The summed E-state index contributed by atoms with van der Waals surface area (Å²) >= 11 is 1.75. The van der Waals surface area contributed by atoms with E-state index in [-0.39, 0.29) is 0 Å². The van der Waals surface area contributed by atoms with E-state index in [9.17, 15) is 0 Å². The summed E-state index contributed by atoms with van der Waals surface area (Å²) in [6.07, 6.45) is 0. The molecule has 0 amide bonds. The molecule has 3 rings (SSSR count). The van der Waals surface area contributed by atoms with E-state index in [4.69, 9.17) is 0 Å². The normalized spacial score (nSPS) is 10.8. The SMILES string of the molecule is Cc1cc(C)c(P(c2c(C)cc(C)cc2C)c2c(C)cc(C)cc2C)c(C)c1.[Cl][Au]. The van der Waals surface area contributed by atoms with Crippen molar-refractivity contribution in [3.05, 3.63) is 86.5 Å². The van der Waals surface area contributed by atoms with Gasteiger partial charge in [-0.1, -0.05) is 53.1 Å². The molecule has 0 atom stereocenters. The van der Waals surface area contributed by atoms with Crippen molar-refractivity contribution in [3.63, 3.8) is 0 Å². The van der Waals surface area contributed by atoms with Gasteiger partial charge in [-0.15, -0.1) is 0 Å². The van der Waals surface area contributed by atoms with Crippen LogP contribution in [-0.2, 0) is 20.0 Å². The topological polar surface area (TPSA) is 0 Å². The van der Waals surface area contributed by atoms with Crippen LogP contribution in [0.15, 0.2) is 36.4 Å². The molecule has 0 aliphatic heterocycles. The second-order valence-electron chi connectivity index (χ2n) is 8.58. The van der Waals surface area contributed by atoms with Gasteiger partial charge in [-0.05, 0) is 120 Å². The molecule has 164 valence electrons. The Morgan fingerprint density at radius 3 is 0.767 bits per heavy atom. The summed E-state index contributed by atoms with van der Waals surface area (Å²) in [5.41, 5.74) is 12.6. The van der Waals surface area contributed by atoms with Gasteiger partial charge in [0, 0.05) is 0 Å². The van der Waals surface area contributed by atoms with Gasteiger partial charge >= 0.3 is 29.2 Å². The first kappa shape index (κ1) is 25.4. The molecule has 30 heavy (non-hydrogen) atoms. The molecule has 0 heterocycles. The maximum atomic E-state index is 4.58. The van der Waals surface area contributed by atoms with Crippen molar-refractivity contribution in [2.45, 2.75) is 62.3 Å². The Labute approximate surface area is 201 Å². The average molecular weight is 621 g/mol. The molecule has 0 radical (unpaired) electrons. The fraction of sp³-hybridized carbons (Fsp3) is 0.333. The standard InChI is InChI=1S/C27H33P.Au.ClH/c1-16-10-19(4)25(20(5)11-16)28(26-21(6)12-17(2)13-22(26)7)27-23(8)14-18(3)15-24(27)9;;/h10-15H,1-9H3;;1H/q;+1;/p-1. The number of hydrogen-bond acceptors (Lipinski definition) is 0. The van der Waals surface area contributed by atoms with Gasteiger partial charge in [0.15, 0.2) is 0 Å². The fourth-order valence-corrected chi connectivity index (χ4v) is 8.09. The molecule has 0 nitrogen and oxygen atoms in total. The Hall–Kier alpha value is -0.880. The Bertz CT molecular complexity index is 863. The van der Waals surface area contributed by atoms with Crippen molar-refractivity contribution in [3.8, 4) is 0 Å². The number of rotatable bonds is 3. The van der Waals surface area contributed by atoms with Crippen molar-refractivity contribution >= 4 is 33.0 Å². The molecule has 0 saturated heterocycles. The minimum absolute atomic E-state index is 0.608. The van der Waals surface area contributed by atoms with Crippen molar-refractivity contribution in [1.29, 1.82) is 0 Å². The third-order valence-electron chi connectivity index (χ3n) is 5.58. The molecule has 3 aromatic rings. The van der Waals surface area contributed by atoms with Crippen molar-refractivity contribution in [2.75, 3.05) is 0 Å². The van der Waals surface area contributed by atoms with E-state index < -0.39 is 7.92 Å². The summed E-state index contributed by atoms with van der Waals surface area (Å²) in [7, 11) is 3.98. The van der Waals surface area contributed by atoms with Crippen LogP contribution in [0.2, 0.25) is 0 Å². The summed E-state index contributed by atoms with van der Waals surface area (Å²) in [6.45, 7) is 20.4. The number of benzene rings is 3. The Morgan fingerprint density at radius 2 is 0.600 bits per heavy atom. The van der Waals surface area contributed by atoms with Crippen LogP contribution in [0.5, 0.6) is 0 Å². The van der Waals surface area contributed by atoms with Gasteiger partial charge in [0.05, 0.1) is 0 Å². The van der Waals surface area contributed by atoms with Crippen LogP contribution in [0.4, 0.5) is 0 Å². The van der Waals surface area contributed by atoms with Gasteiger partial charge in [-0.3, -0.25) is 0 Å². The van der Waals surface area contributed by atoms with Gasteiger partial charge in [0.25, 0.3) is 0 Å². The molecule has 3 aromatic carbocycles. The second kappa shape index (κ2) is 10.6. The molecule has 0 aliphatic rings. The zero-order chi connectivity index (χ0) is 22.7. The van der Waals surface area contributed by atoms with Gasteiger partial charge in [0.2, 0.25) is 0 Å². The van der Waals surface area contributed by atoms with Crippen LogP contribution in [0.1, 0.15) is 50.1 Å². The molecule has 0 fully saturated rings. The quantitative estimate of drug-likeness (QED) is 0.221. The summed E-state index contributed by atoms with van der Waals surface area (Å²) in [4.78, 5) is 0. The molecule has 0 aromatic heterocycles. The molecule has 0 bridgehead atoms. The van der Waals surface area contributed by atoms with Gasteiger partial charge in [-0.25, -0.2) is 0 Å². The van der Waals surface area contributed by atoms with E-state index in [1.165, 1.54) is 66.0 Å². The van der Waals surface area contributed by atoms with E-state index >= 15 is 0 Å². The average Bonchev–Trinajstić information content (AvgIpc) is 2.60. The van der Waals surface area contributed by atoms with Crippen LogP contribution in [0.25, 0.3) is 0 Å². The Kier molecular flexibility index (Phi) is 8.99. The van der Waals surface area contributed by atoms with Gasteiger partial charge in [-0.2, -0.15) is 0 Å². The van der Waals surface area contributed by atoms with Crippen molar-refractivity contribution in [2.24, 2.45) is 0 Å². The molecule has 3 heteroatoms. The summed E-state index contributed by atoms with van der Waals surface area (Å²) in [5.74, 6) is 0.